The van der Waals surface area contributed by atoms with Gasteiger partial charge in [0, 0.05) is 22.2 Å². The van der Waals surface area contributed by atoms with Crippen molar-refractivity contribution in [1.82, 2.24) is 15.5 Å². The zero-order valence-electron chi connectivity index (χ0n) is 17.6. The molecule has 0 saturated carbocycles. The Labute approximate surface area is 199 Å². The highest BCUT2D eigenvalue weighted by Crippen LogP contribution is 2.33. The van der Waals surface area contributed by atoms with E-state index in [1.807, 2.05) is 0 Å². The lowest BCUT2D eigenvalue weighted by Crippen LogP contribution is -2.52. The monoisotopic (exact) mass is 505 g/mol. The first-order chi connectivity index (χ1) is 15.8. The predicted octanol–water partition coefficient (Wildman–Crippen LogP) is 3.26. The Balaban J connectivity index is 1.54. The Hall–Kier alpha value is -3.83. The molecule has 2 aliphatic rings. The SMILES string of the molecule is C=CC(=C)C#CCOc1ccc2c(c1)CN(C[C@@]1(c3ccc(Br)cc3)NC(=O)NC1=O)C2=O. The fourth-order valence-corrected chi connectivity index (χ4v) is 4.08. The molecule has 2 aromatic rings. The topological polar surface area (TPSA) is 87.7 Å². The number of carbonyl (C=O) groups is 3. The van der Waals surface area contributed by atoms with Crippen LogP contribution in [0.25, 0.3) is 0 Å². The largest absolute Gasteiger partial charge is 0.481 e. The standard InChI is InChI=1S/C25H20BrN3O4/c1-3-16(2)5-4-12-33-20-10-11-21-17(13-20)14-29(22(21)30)15-25(23(31)27-24(32)28-25)18-6-8-19(26)9-7-18/h3,6-11,13H,1-2,12,14-15H2,(H2,27,28,31,32)/t25-/m0/s1. The lowest BCUT2D eigenvalue weighted by atomic mass is 9.89. The number of rotatable bonds is 6. The molecule has 2 N–H and O–H groups in total. The lowest BCUT2D eigenvalue weighted by molar-refractivity contribution is -0.124. The van der Waals surface area contributed by atoms with Crippen LogP contribution in [0, 0.1) is 11.8 Å². The summed E-state index contributed by atoms with van der Waals surface area (Å²) in [6.45, 7) is 7.76. The van der Waals surface area contributed by atoms with Crippen LogP contribution >= 0.6 is 15.9 Å². The van der Waals surface area contributed by atoms with Gasteiger partial charge in [-0.1, -0.05) is 59.1 Å². The fraction of sp³-hybridized carbons (Fsp3) is 0.160. The maximum Gasteiger partial charge on any atom is 0.322 e. The van der Waals surface area contributed by atoms with Crippen molar-refractivity contribution in [3.05, 3.63) is 88.4 Å². The molecule has 0 bridgehead atoms. The van der Waals surface area contributed by atoms with E-state index in [4.69, 9.17) is 4.74 Å². The summed E-state index contributed by atoms with van der Waals surface area (Å²) in [5.74, 6) is 5.52. The molecular weight excluding hydrogens is 486 g/mol. The summed E-state index contributed by atoms with van der Waals surface area (Å²) >= 11 is 3.37. The van der Waals surface area contributed by atoms with Crippen molar-refractivity contribution in [2.75, 3.05) is 13.2 Å². The van der Waals surface area contributed by atoms with Gasteiger partial charge < -0.3 is 15.0 Å². The van der Waals surface area contributed by atoms with Gasteiger partial charge in [-0.25, -0.2) is 4.79 Å². The number of carbonyl (C=O) groups excluding carboxylic acids is 3. The number of fused-ring (bicyclic) bond motifs is 1. The number of allylic oxidation sites excluding steroid dienone is 2. The van der Waals surface area contributed by atoms with Crippen LogP contribution in [0.4, 0.5) is 4.79 Å². The highest BCUT2D eigenvalue weighted by Gasteiger charge is 2.50. The van der Waals surface area contributed by atoms with Crippen LogP contribution in [0.1, 0.15) is 21.5 Å². The molecule has 2 aliphatic heterocycles. The maximum atomic E-state index is 13.1. The number of hydrogen-bond acceptors (Lipinski definition) is 4. The highest BCUT2D eigenvalue weighted by atomic mass is 79.9. The molecule has 0 radical (unpaired) electrons. The quantitative estimate of drug-likeness (QED) is 0.358. The molecule has 8 heteroatoms. The van der Waals surface area contributed by atoms with E-state index < -0.39 is 17.5 Å². The van der Waals surface area contributed by atoms with Gasteiger partial charge in [-0.3, -0.25) is 14.9 Å². The first kappa shape index (κ1) is 22.4. The number of amides is 4. The summed E-state index contributed by atoms with van der Waals surface area (Å²) in [5.41, 5.74) is 1.12. The van der Waals surface area contributed by atoms with Crippen molar-refractivity contribution >= 4 is 33.8 Å². The molecule has 1 atom stereocenters. The molecule has 4 amide bonds. The van der Waals surface area contributed by atoms with Crippen LogP contribution in [-0.4, -0.2) is 35.9 Å². The van der Waals surface area contributed by atoms with Gasteiger partial charge in [0.05, 0.1) is 6.54 Å². The van der Waals surface area contributed by atoms with Crippen molar-refractivity contribution in [3.8, 4) is 17.6 Å². The fourth-order valence-electron chi connectivity index (χ4n) is 3.81. The van der Waals surface area contributed by atoms with Crippen molar-refractivity contribution < 1.29 is 19.1 Å². The molecule has 0 spiro atoms. The van der Waals surface area contributed by atoms with Crippen molar-refractivity contribution in [3.63, 3.8) is 0 Å². The molecule has 166 valence electrons. The molecule has 4 rings (SSSR count). The Kier molecular flexibility index (Phi) is 6.07. The van der Waals surface area contributed by atoms with Crippen LogP contribution < -0.4 is 15.4 Å². The number of nitrogens with zero attached hydrogens (tertiary/aromatic N) is 1. The summed E-state index contributed by atoms with van der Waals surface area (Å²) in [4.78, 5) is 39.5. The van der Waals surface area contributed by atoms with Crippen molar-refractivity contribution in [1.29, 1.82) is 0 Å². The third kappa shape index (κ3) is 4.41. The first-order valence-corrected chi connectivity index (χ1v) is 10.9. The molecule has 0 unspecified atom stereocenters. The number of nitrogens with one attached hydrogen (secondary N) is 2. The van der Waals surface area contributed by atoms with E-state index in [1.54, 1.807) is 53.4 Å². The highest BCUT2D eigenvalue weighted by molar-refractivity contribution is 9.10. The number of halogens is 1. The van der Waals surface area contributed by atoms with Gasteiger partial charge in [-0.05, 0) is 41.5 Å². The predicted molar refractivity (Wildman–Crippen MR) is 126 cm³/mol. The number of imide groups is 1. The van der Waals surface area contributed by atoms with Gasteiger partial charge in [0.25, 0.3) is 11.8 Å². The van der Waals surface area contributed by atoms with E-state index in [1.165, 1.54) is 0 Å². The lowest BCUT2D eigenvalue weighted by Gasteiger charge is -2.31. The smallest absolute Gasteiger partial charge is 0.322 e. The van der Waals surface area contributed by atoms with Gasteiger partial charge >= 0.3 is 6.03 Å². The Morgan fingerprint density at radius 1 is 1.21 bits per heavy atom. The van der Waals surface area contributed by atoms with Crippen LogP contribution in [-0.2, 0) is 16.9 Å². The van der Waals surface area contributed by atoms with Crippen LogP contribution in [0.2, 0.25) is 0 Å². The van der Waals surface area contributed by atoms with E-state index in [-0.39, 0.29) is 25.6 Å². The van der Waals surface area contributed by atoms with E-state index in [9.17, 15) is 14.4 Å². The first-order valence-electron chi connectivity index (χ1n) is 10.1. The zero-order valence-corrected chi connectivity index (χ0v) is 19.2. The van der Waals surface area contributed by atoms with E-state index >= 15 is 0 Å². The molecular formula is C25H20BrN3O4. The minimum atomic E-state index is -1.38. The average Bonchev–Trinajstić information content (AvgIpc) is 3.26. The third-order valence-electron chi connectivity index (χ3n) is 5.47. The summed E-state index contributed by atoms with van der Waals surface area (Å²) in [6.07, 6.45) is 1.57. The Bertz CT molecular complexity index is 1240. The Morgan fingerprint density at radius 3 is 2.64 bits per heavy atom. The van der Waals surface area contributed by atoms with Crippen molar-refractivity contribution in [2.45, 2.75) is 12.1 Å². The average molecular weight is 506 g/mol. The minimum absolute atomic E-state index is 0.00888. The van der Waals surface area contributed by atoms with Crippen molar-refractivity contribution in [2.24, 2.45) is 0 Å². The summed E-state index contributed by atoms with van der Waals surface area (Å²) in [7, 11) is 0. The molecule has 2 aromatic carbocycles. The van der Waals surface area contributed by atoms with Gasteiger partial charge in [0.2, 0.25) is 0 Å². The van der Waals surface area contributed by atoms with Gasteiger partial charge in [-0.15, -0.1) is 0 Å². The summed E-state index contributed by atoms with van der Waals surface area (Å²) < 4.78 is 6.49. The van der Waals surface area contributed by atoms with E-state index in [0.717, 1.165) is 10.0 Å². The molecule has 1 saturated heterocycles. The van der Waals surface area contributed by atoms with Crippen LogP contribution in [0.3, 0.4) is 0 Å². The molecule has 1 fully saturated rings. The zero-order chi connectivity index (χ0) is 23.6. The van der Waals surface area contributed by atoms with E-state index in [2.05, 4.69) is 51.6 Å². The molecule has 2 heterocycles. The summed E-state index contributed by atoms with van der Waals surface area (Å²) in [6, 6.07) is 11.7. The van der Waals surface area contributed by atoms with Crippen LogP contribution in [0.15, 0.2) is 71.7 Å². The second-order valence-electron chi connectivity index (χ2n) is 7.62. The minimum Gasteiger partial charge on any atom is -0.481 e. The molecule has 33 heavy (non-hydrogen) atoms. The molecule has 0 aliphatic carbocycles. The molecule has 7 nitrogen and oxygen atoms in total. The van der Waals surface area contributed by atoms with E-state index in [0.29, 0.717) is 22.4 Å². The summed E-state index contributed by atoms with van der Waals surface area (Å²) in [5, 5.41) is 5.02. The number of urea groups is 1. The van der Waals surface area contributed by atoms with Gasteiger partial charge in [0.15, 0.2) is 5.54 Å². The number of hydrogen-bond donors (Lipinski definition) is 2. The van der Waals surface area contributed by atoms with Gasteiger partial charge in [-0.2, -0.15) is 0 Å². The maximum absolute atomic E-state index is 13.1. The van der Waals surface area contributed by atoms with Crippen LogP contribution in [0.5, 0.6) is 5.75 Å². The second-order valence-corrected chi connectivity index (χ2v) is 8.54. The molecule has 0 aromatic heterocycles. The third-order valence-corrected chi connectivity index (χ3v) is 6.00. The second kappa shape index (κ2) is 8.96. The number of benzene rings is 2. The Morgan fingerprint density at radius 2 is 1.97 bits per heavy atom. The normalized spacial score (nSPS) is 18.7. The number of ether oxygens (including phenoxy) is 1. The van der Waals surface area contributed by atoms with Gasteiger partial charge in [0.1, 0.15) is 12.4 Å².